The minimum absolute atomic E-state index is 0.0388. The number of nitro groups is 1. The number of halogens is 1. The molecule has 0 aliphatic rings. The maximum Gasteiger partial charge on any atom is 0.269 e. The lowest BCUT2D eigenvalue weighted by Crippen LogP contribution is -2.27. The van der Waals surface area contributed by atoms with Crippen LogP contribution >= 0.6 is 23.4 Å². The topological polar surface area (TPSA) is 63.5 Å². The molecule has 5 nitrogen and oxygen atoms in total. The predicted molar refractivity (Wildman–Crippen MR) is 97.2 cm³/mol. The molecule has 0 aliphatic heterocycles. The lowest BCUT2D eigenvalue weighted by molar-refractivity contribution is -0.384. The smallest absolute Gasteiger partial charge is 0.269 e. The number of rotatable bonds is 7. The summed E-state index contributed by atoms with van der Waals surface area (Å²) in [6.07, 6.45) is 0. The summed E-state index contributed by atoms with van der Waals surface area (Å²) in [5.41, 5.74) is 2.05. The number of thioether (sulfide) groups is 1. The van der Waals surface area contributed by atoms with E-state index >= 15 is 0 Å². The van der Waals surface area contributed by atoms with Crippen molar-refractivity contribution in [3.63, 3.8) is 0 Å². The molecule has 0 heterocycles. The Morgan fingerprint density at radius 1 is 1.12 bits per heavy atom. The maximum absolute atomic E-state index is 12.1. The van der Waals surface area contributed by atoms with Crippen molar-refractivity contribution in [2.75, 3.05) is 12.8 Å². The molecule has 0 N–H and O–H groups in total. The Labute approximate surface area is 149 Å². The lowest BCUT2D eigenvalue weighted by atomic mass is 10.2. The van der Waals surface area contributed by atoms with Crippen molar-refractivity contribution in [1.82, 2.24) is 4.90 Å². The van der Waals surface area contributed by atoms with Gasteiger partial charge in [0.15, 0.2) is 0 Å². The van der Waals surface area contributed by atoms with E-state index in [0.717, 1.165) is 11.1 Å². The van der Waals surface area contributed by atoms with Crippen molar-refractivity contribution in [1.29, 1.82) is 0 Å². The van der Waals surface area contributed by atoms with E-state index in [1.807, 2.05) is 12.1 Å². The Balaban J connectivity index is 1.77. The van der Waals surface area contributed by atoms with Crippen LogP contribution in [0.15, 0.2) is 48.5 Å². The molecular weight excluding hydrogens is 348 g/mol. The Morgan fingerprint density at radius 3 is 2.29 bits per heavy atom. The third kappa shape index (κ3) is 5.54. The molecule has 2 aromatic rings. The average molecular weight is 365 g/mol. The average Bonchev–Trinajstić information content (AvgIpc) is 2.57. The number of hydrogen-bond acceptors (Lipinski definition) is 4. The fourth-order valence-electron chi connectivity index (χ4n) is 2.03. The number of benzene rings is 2. The molecule has 0 bridgehead atoms. The second-order valence-electron chi connectivity index (χ2n) is 5.29. The summed E-state index contributed by atoms with van der Waals surface area (Å²) < 4.78 is 0. The van der Waals surface area contributed by atoms with Crippen LogP contribution < -0.4 is 0 Å². The predicted octanol–water partition coefficient (Wildman–Crippen LogP) is 4.14. The Kier molecular flexibility index (Phi) is 6.63. The van der Waals surface area contributed by atoms with Crippen LogP contribution in [-0.2, 0) is 17.1 Å². The molecular formula is C17H17ClN2O3S. The van der Waals surface area contributed by atoms with Gasteiger partial charge in [-0.1, -0.05) is 35.9 Å². The molecule has 1 amide bonds. The van der Waals surface area contributed by atoms with E-state index in [-0.39, 0.29) is 11.6 Å². The Bertz CT molecular complexity index is 705. The summed E-state index contributed by atoms with van der Waals surface area (Å²) in [4.78, 5) is 24.0. The van der Waals surface area contributed by atoms with Crippen molar-refractivity contribution >= 4 is 35.0 Å². The van der Waals surface area contributed by atoms with E-state index in [2.05, 4.69) is 0 Å². The summed E-state index contributed by atoms with van der Waals surface area (Å²) in [6.45, 7) is 0.536. The van der Waals surface area contributed by atoms with Crippen LogP contribution in [0.2, 0.25) is 5.02 Å². The van der Waals surface area contributed by atoms with Crippen LogP contribution in [0, 0.1) is 10.1 Å². The Hall–Kier alpha value is -2.05. The van der Waals surface area contributed by atoms with Gasteiger partial charge in [-0.2, -0.15) is 0 Å². The first kappa shape index (κ1) is 18.3. The second-order valence-corrected chi connectivity index (χ2v) is 6.71. The van der Waals surface area contributed by atoms with Crippen molar-refractivity contribution in [2.45, 2.75) is 12.3 Å². The van der Waals surface area contributed by atoms with Gasteiger partial charge in [0.25, 0.3) is 5.69 Å². The second kappa shape index (κ2) is 8.70. The highest BCUT2D eigenvalue weighted by atomic mass is 35.5. The first-order valence-electron chi connectivity index (χ1n) is 7.25. The zero-order valence-electron chi connectivity index (χ0n) is 13.1. The quantitative estimate of drug-likeness (QED) is 0.547. The van der Waals surface area contributed by atoms with E-state index in [1.54, 1.807) is 36.2 Å². The van der Waals surface area contributed by atoms with Crippen molar-refractivity contribution in [3.8, 4) is 0 Å². The zero-order valence-corrected chi connectivity index (χ0v) is 14.7. The van der Waals surface area contributed by atoms with Gasteiger partial charge in [0.1, 0.15) is 0 Å². The van der Waals surface area contributed by atoms with Crippen LogP contribution in [0.25, 0.3) is 0 Å². The normalized spacial score (nSPS) is 10.4. The molecule has 0 fully saturated rings. The van der Waals surface area contributed by atoms with Crippen LogP contribution in [0.5, 0.6) is 0 Å². The summed E-state index contributed by atoms with van der Waals surface area (Å²) in [6, 6.07) is 13.8. The van der Waals surface area contributed by atoms with Crippen molar-refractivity contribution < 1.29 is 9.72 Å². The number of amides is 1. The lowest BCUT2D eigenvalue weighted by Gasteiger charge is -2.17. The van der Waals surface area contributed by atoms with Gasteiger partial charge in [-0.15, -0.1) is 11.8 Å². The SMILES string of the molecule is CN(Cc1ccc(Cl)cc1)C(=O)CSCc1ccc([N+](=O)[O-])cc1. The van der Waals surface area contributed by atoms with E-state index in [1.165, 1.54) is 23.9 Å². The summed E-state index contributed by atoms with van der Waals surface area (Å²) >= 11 is 7.33. The van der Waals surface area contributed by atoms with Crippen molar-refractivity contribution in [3.05, 3.63) is 74.8 Å². The first-order valence-corrected chi connectivity index (χ1v) is 8.78. The molecule has 0 aliphatic carbocycles. The van der Waals surface area contributed by atoms with Gasteiger partial charge >= 0.3 is 0 Å². The van der Waals surface area contributed by atoms with Crippen molar-refractivity contribution in [2.24, 2.45) is 0 Å². The monoisotopic (exact) mass is 364 g/mol. The van der Waals surface area contributed by atoms with Gasteiger partial charge in [-0.05, 0) is 23.3 Å². The molecule has 7 heteroatoms. The minimum atomic E-state index is -0.424. The molecule has 2 aromatic carbocycles. The molecule has 0 unspecified atom stereocenters. The highest BCUT2D eigenvalue weighted by Crippen LogP contribution is 2.17. The largest absolute Gasteiger partial charge is 0.341 e. The summed E-state index contributed by atoms with van der Waals surface area (Å²) in [5.74, 6) is 1.04. The van der Waals surface area contributed by atoms with Gasteiger partial charge in [0.2, 0.25) is 5.91 Å². The van der Waals surface area contributed by atoms with Crippen LogP contribution in [0.3, 0.4) is 0 Å². The summed E-state index contributed by atoms with van der Waals surface area (Å²) in [7, 11) is 1.77. The molecule has 24 heavy (non-hydrogen) atoms. The van der Waals surface area contributed by atoms with E-state index in [0.29, 0.717) is 23.1 Å². The van der Waals surface area contributed by atoms with Gasteiger partial charge in [-0.25, -0.2) is 0 Å². The first-order chi connectivity index (χ1) is 11.5. The van der Waals surface area contributed by atoms with E-state index in [9.17, 15) is 14.9 Å². The molecule has 2 rings (SSSR count). The molecule has 0 aromatic heterocycles. The third-order valence-electron chi connectivity index (χ3n) is 3.40. The van der Waals surface area contributed by atoms with Crippen LogP contribution in [0.4, 0.5) is 5.69 Å². The number of carbonyl (C=O) groups is 1. The highest BCUT2D eigenvalue weighted by molar-refractivity contribution is 7.99. The van der Waals surface area contributed by atoms with Gasteiger partial charge in [0, 0.05) is 36.5 Å². The standard InChI is InChI=1S/C17H17ClN2O3S/c1-19(10-13-2-6-15(18)7-3-13)17(21)12-24-11-14-4-8-16(9-5-14)20(22)23/h2-9H,10-12H2,1H3. The van der Waals surface area contributed by atoms with Crippen LogP contribution in [-0.4, -0.2) is 28.5 Å². The number of carbonyl (C=O) groups excluding carboxylic acids is 1. The maximum atomic E-state index is 12.1. The van der Waals surface area contributed by atoms with E-state index < -0.39 is 4.92 Å². The molecule has 0 atom stereocenters. The highest BCUT2D eigenvalue weighted by Gasteiger charge is 2.10. The summed E-state index contributed by atoms with van der Waals surface area (Å²) in [5, 5.41) is 11.3. The van der Waals surface area contributed by atoms with Gasteiger partial charge in [0.05, 0.1) is 10.7 Å². The fourth-order valence-corrected chi connectivity index (χ4v) is 3.08. The Morgan fingerprint density at radius 2 is 1.71 bits per heavy atom. The van der Waals surface area contributed by atoms with Crippen LogP contribution in [0.1, 0.15) is 11.1 Å². The minimum Gasteiger partial charge on any atom is -0.341 e. The zero-order chi connectivity index (χ0) is 17.5. The number of hydrogen-bond donors (Lipinski definition) is 0. The molecule has 0 radical (unpaired) electrons. The molecule has 0 saturated carbocycles. The molecule has 0 spiro atoms. The number of nitro benzene ring substituents is 1. The molecule has 0 saturated heterocycles. The van der Waals surface area contributed by atoms with E-state index in [4.69, 9.17) is 11.6 Å². The number of nitrogens with zero attached hydrogens (tertiary/aromatic N) is 2. The third-order valence-corrected chi connectivity index (χ3v) is 4.64. The fraction of sp³-hybridized carbons (Fsp3) is 0.235. The van der Waals surface area contributed by atoms with Gasteiger partial charge in [-0.3, -0.25) is 14.9 Å². The number of non-ortho nitro benzene ring substituents is 1. The van der Waals surface area contributed by atoms with Gasteiger partial charge < -0.3 is 4.90 Å². The molecule has 126 valence electrons.